The second-order valence-corrected chi connectivity index (χ2v) is 9.49. The summed E-state index contributed by atoms with van der Waals surface area (Å²) < 4.78 is 27.8. The van der Waals surface area contributed by atoms with Crippen LogP contribution < -0.4 is 5.32 Å². The Bertz CT molecular complexity index is 1150. The predicted octanol–water partition coefficient (Wildman–Crippen LogP) is 6.86. The maximum Gasteiger partial charge on any atom is 0.227 e. The number of halogens is 3. The number of hydrogen-bond donors (Lipinski definition) is 1. The molecule has 3 nitrogen and oxygen atoms in total. The number of carbonyl (C=O) groups is 1. The lowest BCUT2D eigenvalue weighted by Crippen LogP contribution is -2.45. The predicted molar refractivity (Wildman–Crippen MR) is 118 cm³/mol. The number of aromatic nitrogens is 1. The average molecular weight is 441 g/mol. The molecule has 0 radical (unpaired) electrons. The molecule has 0 unspecified atom stereocenters. The Morgan fingerprint density at radius 2 is 1.84 bits per heavy atom. The number of pyridine rings is 1. The van der Waals surface area contributed by atoms with Gasteiger partial charge in [0.25, 0.3) is 0 Å². The van der Waals surface area contributed by atoms with Crippen LogP contribution in [-0.4, -0.2) is 10.9 Å². The zero-order chi connectivity index (χ0) is 21.6. The molecule has 0 aliphatic heterocycles. The van der Waals surface area contributed by atoms with E-state index < -0.39 is 5.82 Å². The largest absolute Gasteiger partial charge is 0.323 e. The van der Waals surface area contributed by atoms with Gasteiger partial charge in [0.2, 0.25) is 5.91 Å². The summed E-state index contributed by atoms with van der Waals surface area (Å²) >= 11 is 5.77. The highest BCUT2D eigenvalue weighted by molar-refractivity contribution is 6.30. The number of fused-ring (bicyclic) bond motifs is 1. The minimum absolute atomic E-state index is 0.0810. The molecule has 6 heteroatoms. The van der Waals surface area contributed by atoms with Gasteiger partial charge in [-0.15, -0.1) is 0 Å². The van der Waals surface area contributed by atoms with Crippen molar-refractivity contribution in [1.29, 1.82) is 0 Å². The fourth-order valence-corrected chi connectivity index (χ4v) is 5.60. The second kappa shape index (κ2) is 7.86. The van der Waals surface area contributed by atoms with Crippen LogP contribution in [-0.2, 0) is 4.79 Å². The summed E-state index contributed by atoms with van der Waals surface area (Å²) in [7, 11) is 0. The quantitative estimate of drug-likeness (QED) is 0.483. The van der Waals surface area contributed by atoms with Gasteiger partial charge in [-0.25, -0.2) is 8.78 Å². The first-order valence-corrected chi connectivity index (χ1v) is 11.1. The van der Waals surface area contributed by atoms with Crippen molar-refractivity contribution >= 4 is 34.1 Å². The SMILES string of the molecule is O=C(Nc1ccc(Cl)cc1F)C1CC2(CCC(c3ccnc4ccc(F)cc34)CC2)C1. The highest BCUT2D eigenvalue weighted by Gasteiger charge is 2.48. The Morgan fingerprint density at radius 1 is 1.06 bits per heavy atom. The van der Waals surface area contributed by atoms with Gasteiger partial charge in [-0.3, -0.25) is 9.78 Å². The first kappa shape index (κ1) is 20.4. The molecule has 3 aromatic rings. The number of rotatable bonds is 3. The first-order chi connectivity index (χ1) is 14.9. The Kier molecular flexibility index (Phi) is 5.17. The molecule has 1 spiro atoms. The van der Waals surface area contributed by atoms with Gasteiger partial charge in [-0.05, 0) is 97.9 Å². The number of nitrogens with zero attached hydrogens (tertiary/aromatic N) is 1. The first-order valence-electron chi connectivity index (χ1n) is 10.7. The Labute approximate surface area is 184 Å². The monoisotopic (exact) mass is 440 g/mol. The van der Waals surface area contributed by atoms with Crippen molar-refractivity contribution in [2.75, 3.05) is 5.32 Å². The van der Waals surface area contributed by atoms with E-state index in [2.05, 4.69) is 10.3 Å². The number of benzene rings is 2. The van der Waals surface area contributed by atoms with Crippen molar-refractivity contribution in [3.8, 4) is 0 Å². The van der Waals surface area contributed by atoms with Crippen molar-refractivity contribution in [2.45, 2.75) is 44.4 Å². The number of nitrogens with one attached hydrogen (secondary N) is 1. The highest BCUT2D eigenvalue weighted by Crippen LogP contribution is 2.57. The summed E-state index contributed by atoms with van der Waals surface area (Å²) in [4.78, 5) is 16.9. The molecule has 0 atom stereocenters. The lowest BCUT2D eigenvalue weighted by Gasteiger charge is -2.51. The van der Waals surface area contributed by atoms with E-state index in [0.29, 0.717) is 10.9 Å². The molecule has 2 aliphatic rings. The Balaban J connectivity index is 1.21. The molecule has 2 aromatic carbocycles. The number of hydrogen-bond acceptors (Lipinski definition) is 2. The fourth-order valence-electron chi connectivity index (χ4n) is 5.44. The molecule has 2 fully saturated rings. The number of carbonyl (C=O) groups excluding carboxylic acids is 1. The smallest absolute Gasteiger partial charge is 0.227 e. The van der Waals surface area contributed by atoms with E-state index in [-0.39, 0.29) is 28.7 Å². The minimum Gasteiger partial charge on any atom is -0.323 e. The van der Waals surface area contributed by atoms with Crippen LogP contribution in [0.3, 0.4) is 0 Å². The topological polar surface area (TPSA) is 42.0 Å². The van der Waals surface area contributed by atoms with Crippen molar-refractivity contribution in [1.82, 2.24) is 4.98 Å². The summed E-state index contributed by atoms with van der Waals surface area (Å²) in [5, 5.41) is 3.91. The van der Waals surface area contributed by atoms with Crippen LogP contribution in [0.4, 0.5) is 14.5 Å². The van der Waals surface area contributed by atoms with Crippen LogP contribution in [0.1, 0.15) is 50.0 Å². The third kappa shape index (κ3) is 3.91. The van der Waals surface area contributed by atoms with Crippen LogP contribution in [0.25, 0.3) is 10.9 Å². The average Bonchev–Trinajstić information content (AvgIpc) is 2.73. The van der Waals surface area contributed by atoms with E-state index >= 15 is 0 Å². The van der Waals surface area contributed by atoms with E-state index in [1.807, 2.05) is 6.07 Å². The summed E-state index contributed by atoms with van der Waals surface area (Å²) in [6.45, 7) is 0. The van der Waals surface area contributed by atoms with E-state index in [0.717, 1.165) is 49.4 Å². The molecular formula is C25H23ClF2N2O. The zero-order valence-corrected chi connectivity index (χ0v) is 17.8. The van der Waals surface area contributed by atoms with Gasteiger partial charge >= 0.3 is 0 Å². The van der Waals surface area contributed by atoms with Gasteiger partial charge in [0.05, 0.1) is 11.2 Å². The maximum absolute atomic E-state index is 14.0. The van der Waals surface area contributed by atoms with Crippen LogP contribution in [0.5, 0.6) is 0 Å². The van der Waals surface area contributed by atoms with Crippen LogP contribution in [0.15, 0.2) is 48.7 Å². The van der Waals surface area contributed by atoms with Crippen LogP contribution in [0, 0.1) is 23.0 Å². The van der Waals surface area contributed by atoms with Crippen molar-refractivity contribution < 1.29 is 13.6 Å². The zero-order valence-electron chi connectivity index (χ0n) is 17.0. The van der Waals surface area contributed by atoms with Crippen molar-refractivity contribution in [3.63, 3.8) is 0 Å². The molecule has 1 aromatic heterocycles. The van der Waals surface area contributed by atoms with Crippen LogP contribution in [0.2, 0.25) is 5.02 Å². The number of anilines is 1. The van der Waals surface area contributed by atoms with Gasteiger partial charge in [-0.1, -0.05) is 11.6 Å². The summed E-state index contributed by atoms with van der Waals surface area (Å²) in [5.41, 5.74) is 2.38. The molecule has 5 rings (SSSR count). The molecule has 1 amide bonds. The van der Waals surface area contributed by atoms with Gasteiger partial charge in [0.1, 0.15) is 11.6 Å². The summed E-state index contributed by atoms with van der Waals surface area (Å²) in [6.07, 6.45) is 7.63. The van der Waals surface area contributed by atoms with E-state index in [9.17, 15) is 13.6 Å². The maximum atomic E-state index is 14.0. The van der Waals surface area contributed by atoms with Crippen molar-refractivity contribution in [2.24, 2.45) is 11.3 Å². The van der Waals surface area contributed by atoms with Gasteiger partial charge in [0, 0.05) is 22.5 Å². The van der Waals surface area contributed by atoms with Gasteiger partial charge in [-0.2, -0.15) is 0 Å². The van der Waals surface area contributed by atoms with E-state index in [1.54, 1.807) is 24.4 Å². The van der Waals surface area contributed by atoms with Gasteiger partial charge in [0.15, 0.2) is 0 Å². The summed E-state index contributed by atoms with van der Waals surface area (Å²) in [6, 6.07) is 11.1. The Hall–Kier alpha value is -2.53. The lowest BCUT2D eigenvalue weighted by atomic mass is 9.54. The standard InChI is InChI=1S/C25H23ClF2N2O/c26-17-1-3-23(21(28)11-17)30-24(31)16-13-25(14-16)8-5-15(6-9-25)19-7-10-29-22-4-2-18(27)12-20(19)22/h1-4,7,10-12,15-16H,5-6,8-9,13-14H2,(H,30,31). The van der Waals surface area contributed by atoms with Crippen LogP contribution >= 0.6 is 11.6 Å². The molecule has 160 valence electrons. The highest BCUT2D eigenvalue weighted by atomic mass is 35.5. The third-order valence-corrected chi connectivity index (χ3v) is 7.38. The molecule has 0 bridgehead atoms. The minimum atomic E-state index is -0.517. The molecule has 1 N–H and O–H groups in total. The normalized spacial score (nSPS) is 25.4. The van der Waals surface area contributed by atoms with E-state index in [4.69, 9.17) is 11.6 Å². The van der Waals surface area contributed by atoms with Crippen molar-refractivity contribution in [3.05, 3.63) is 70.9 Å². The molecule has 31 heavy (non-hydrogen) atoms. The molecule has 1 heterocycles. The lowest BCUT2D eigenvalue weighted by molar-refractivity contribution is -0.128. The fraction of sp³-hybridized carbons (Fsp3) is 0.360. The third-order valence-electron chi connectivity index (χ3n) is 7.14. The Morgan fingerprint density at radius 3 is 2.58 bits per heavy atom. The van der Waals surface area contributed by atoms with Gasteiger partial charge < -0.3 is 5.32 Å². The molecule has 0 saturated heterocycles. The second-order valence-electron chi connectivity index (χ2n) is 9.05. The molecule has 2 saturated carbocycles. The van der Waals surface area contributed by atoms with E-state index in [1.165, 1.54) is 23.8 Å². The molecular weight excluding hydrogens is 418 g/mol. The summed E-state index contributed by atoms with van der Waals surface area (Å²) in [5.74, 6) is -0.573. The number of amides is 1. The molecule has 2 aliphatic carbocycles.